The summed E-state index contributed by atoms with van der Waals surface area (Å²) in [6, 6.07) is 10.2. The molecule has 4 heteroatoms. The molecule has 0 saturated heterocycles. The first-order valence-corrected chi connectivity index (χ1v) is 7.01. The van der Waals surface area contributed by atoms with Crippen LogP contribution >= 0.6 is 11.8 Å². The van der Waals surface area contributed by atoms with Crippen LogP contribution in [0.1, 0.15) is 38.1 Å². The second-order valence-corrected chi connectivity index (χ2v) is 6.96. The number of nitrogens with zero attached hydrogens (tertiary/aromatic N) is 2. The Morgan fingerprint density at radius 3 is 2.39 bits per heavy atom. The Bertz CT molecular complexity index is 488. The molecule has 0 aliphatic carbocycles. The molecule has 2 rings (SSSR count). The lowest BCUT2D eigenvalue weighted by atomic mass is 10.2. The normalized spacial score (nSPS) is 11.7. The zero-order valence-corrected chi connectivity index (χ0v) is 11.8. The summed E-state index contributed by atoms with van der Waals surface area (Å²) in [5.74, 6) is 2.16. The number of hydrogen-bond acceptors (Lipinski definition) is 4. The van der Waals surface area contributed by atoms with E-state index in [0.717, 1.165) is 5.75 Å². The van der Waals surface area contributed by atoms with E-state index in [-0.39, 0.29) is 4.75 Å². The molecule has 1 heterocycles. The third kappa shape index (κ3) is 4.18. The lowest BCUT2D eigenvalue weighted by Crippen LogP contribution is -2.07. The highest BCUT2D eigenvalue weighted by atomic mass is 32.2. The lowest BCUT2D eigenvalue weighted by Gasteiger charge is -2.15. The molecule has 0 bridgehead atoms. The smallest absolute Gasteiger partial charge is 0.226 e. The second-order valence-electron chi connectivity index (χ2n) is 5.15. The van der Waals surface area contributed by atoms with Crippen LogP contribution in [0.2, 0.25) is 0 Å². The molecule has 0 saturated carbocycles. The maximum absolute atomic E-state index is 5.64. The largest absolute Gasteiger partial charge is 0.424 e. The third-order valence-electron chi connectivity index (χ3n) is 2.34. The van der Waals surface area contributed by atoms with Crippen molar-refractivity contribution < 1.29 is 4.42 Å². The maximum Gasteiger partial charge on any atom is 0.226 e. The minimum atomic E-state index is 0.216. The molecule has 0 N–H and O–H groups in total. The van der Waals surface area contributed by atoms with E-state index in [9.17, 15) is 0 Å². The Kier molecular flexibility index (Phi) is 4.07. The zero-order valence-electron chi connectivity index (χ0n) is 11.0. The van der Waals surface area contributed by atoms with E-state index in [1.54, 1.807) is 0 Å². The zero-order chi connectivity index (χ0) is 13.0. The molecule has 18 heavy (non-hydrogen) atoms. The summed E-state index contributed by atoms with van der Waals surface area (Å²) in [6.07, 6.45) is 0.702. The first-order chi connectivity index (χ1) is 8.53. The van der Waals surface area contributed by atoms with Gasteiger partial charge in [0.05, 0.1) is 12.2 Å². The van der Waals surface area contributed by atoms with Gasteiger partial charge >= 0.3 is 0 Å². The molecular weight excluding hydrogens is 244 g/mol. The van der Waals surface area contributed by atoms with Gasteiger partial charge in [-0.1, -0.05) is 51.1 Å². The van der Waals surface area contributed by atoms with Gasteiger partial charge in [-0.25, -0.2) is 0 Å². The molecule has 0 amide bonds. The Morgan fingerprint density at radius 1 is 1.06 bits per heavy atom. The SMILES string of the molecule is CC(C)(C)SCc1nnc(Cc2ccccc2)o1. The first kappa shape index (κ1) is 13.1. The molecule has 3 nitrogen and oxygen atoms in total. The van der Waals surface area contributed by atoms with Crippen LogP contribution in [0.3, 0.4) is 0 Å². The molecular formula is C14H18N2OS. The van der Waals surface area contributed by atoms with Gasteiger partial charge in [0, 0.05) is 4.75 Å². The van der Waals surface area contributed by atoms with Gasteiger partial charge in [0.1, 0.15) is 0 Å². The number of hydrogen-bond donors (Lipinski definition) is 0. The van der Waals surface area contributed by atoms with Crippen LogP contribution in [0.4, 0.5) is 0 Å². The molecule has 0 aliphatic rings. The van der Waals surface area contributed by atoms with E-state index in [1.165, 1.54) is 5.56 Å². The number of rotatable bonds is 4. The molecule has 2 aromatic rings. The van der Waals surface area contributed by atoms with Crippen molar-refractivity contribution in [1.82, 2.24) is 10.2 Å². The molecule has 0 atom stereocenters. The van der Waals surface area contributed by atoms with Gasteiger partial charge in [0.25, 0.3) is 0 Å². The van der Waals surface area contributed by atoms with Crippen LogP contribution in [-0.2, 0) is 12.2 Å². The first-order valence-electron chi connectivity index (χ1n) is 6.02. The van der Waals surface area contributed by atoms with Crippen LogP contribution in [0, 0.1) is 0 Å². The summed E-state index contributed by atoms with van der Waals surface area (Å²) in [5.41, 5.74) is 1.19. The third-order valence-corrected chi connectivity index (χ3v) is 3.59. The summed E-state index contributed by atoms with van der Waals surface area (Å²) in [5, 5.41) is 8.16. The van der Waals surface area contributed by atoms with Crippen molar-refractivity contribution in [2.24, 2.45) is 0 Å². The van der Waals surface area contributed by atoms with Crippen molar-refractivity contribution >= 4 is 11.8 Å². The van der Waals surface area contributed by atoms with Crippen molar-refractivity contribution in [2.75, 3.05) is 0 Å². The maximum atomic E-state index is 5.64. The van der Waals surface area contributed by atoms with Crippen molar-refractivity contribution in [2.45, 2.75) is 37.7 Å². The highest BCUT2D eigenvalue weighted by Crippen LogP contribution is 2.26. The van der Waals surface area contributed by atoms with E-state index in [2.05, 4.69) is 43.1 Å². The van der Waals surface area contributed by atoms with Crippen molar-refractivity contribution in [3.8, 4) is 0 Å². The van der Waals surface area contributed by atoms with Crippen molar-refractivity contribution in [1.29, 1.82) is 0 Å². The average Bonchev–Trinajstić information content (AvgIpc) is 2.75. The monoisotopic (exact) mass is 262 g/mol. The van der Waals surface area contributed by atoms with E-state index >= 15 is 0 Å². The Morgan fingerprint density at radius 2 is 1.72 bits per heavy atom. The van der Waals surface area contributed by atoms with Crippen LogP contribution in [-0.4, -0.2) is 14.9 Å². The van der Waals surface area contributed by atoms with Gasteiger partial charge in [-0.3, -0.25) is 0 Å². The fourth-order valence-electron chi connectivity index (χ4n) is 1.47. The van der Waals surface area contributed by atoms with Gasteiger partial charge in [-0.15, -0.1) is 22.0 Å². The second kappa shape index (κ2) is 5.57. The van der Waals surface area contributed by atoms with Gasteiger partial charge in [0.15, 0.2) is 0 Å². The molecule has 96 valence electrons. The molecule has 1 aromatic heterocycles. The van der Waals surface area contributed by atoms with Crippen molar-refractivity contribution in [3.63, 3.8) is 0 Å². The van der Waals surface area contributed by atoms with E-state index in [1.807, 2.05) is 30.0 Å². The van der Waals surface area contributed by atoms with E-state index in [4.69, 9.17) is 4.42 Å². The Hall–Kier alpha value is -1.29. The Labute approximate surface area is 112 Å². The van der Waals surface area contributed by atoms with Gasteiger partial charge in [-0.05, 0) is 5.56 Å². The van der Waals surface area contributed by atoms with Gasteiger partial charge in [-0.2, -0.15) is 0 Å². The number of benzene rings is 1. The predicted molar refractivity (Wildman–Crippen MR) is 74.6 cm³/mol. The van der Waals surface area contributed by atoms with Crippen molar-refractivity contribution in [3.05, 3.63) is 47.7 Å². The van der Waals surface area contributed by atoms with Crippen LogP contribution in [0.25, 0.3) is 0 Å². The lowest BCUT2D eigenvalue weighted by molar-refractivity contribution is 0.473. The standard InChI is InChI=1S/C14H18N2OS/c1-14(2,3)18-10-13-16-15-12(17-13)9-11-7-5-4-6-8-11/h4-8H,9-10H2,1-3H3. The molecule has 1 aromatic carbocycles. The number of thioether (sulfide) groups is 1. The predicted octanol–water partition coefficient (Wildman–Crippen LogP) is 3.69. The molecule has 0 fully saturated rings. The number of aromatic nitrogens is 2. The summed E-state index contributed by atoms with van der Waals surface area (Å²) in [6.45, 7) is 6.54. The van der Waals surface area contributed by atoms with Crippen LogP contribution < -0.4 is 0 Å². The topological polar surface area (TPSA) is 38.9 Å². The average molecular weight is 262 g/mol. The fraction of sp³-hybridized carbons (Fsp3) is 0.429. The van der Waals surface area contributed by atoms with Crippen LogP contribution in [0.15, 0.2) is 34.7 Å². The van der Waals surface area contributed by atoms with E-state index < -0.39 is 0 Å². The molecule has 0 radical (unpaired) electrons. The van der Waals surface area contributed by atoms with Crippen LogP contribution in [0.5, 0.6) is 0 Å². The minimum absolute atomic E-state index is 0.216. The van der Waals surface area contributed by atoms with Gasteiger partial charge < -0.3 is 4.42 Å². The highest BCUT2D eigenvalue weighted by molar-refractivity contribution is 7.99. The summed E-state index contributed by atoms with van der Waals surface area (Å²) in [4.78, 5) is 0. The summed E-state index contributed by atoms with van der Waals surface area (Å²) < 4.78 is 5.86. The highest BCUT2D eigenvalue weighted by Gasteiger charge is 2.14. The Balaban J connectivity index is 1.94. The molecule has 0 spiro atoms. The summed E-state index contributed by atoms with van der Waals surface area (Å²) in [7, 11) is 0. The van der Waals surface area contributed by atoms with E-state index in [0.29, 0.717) is 18.2 Å². The fourth-order valence-corrected chi connectivity index (χ4v) is 2.14. The summed E-state index contributed by atoms with van der Waals surface area (Å²) >= 11 is 1.81. The molecule has 0 aliphatic heterocycles. The quantitative estimate of drug-likeness (QED) is 0.842. The molecule has 0 unspecified atom stereocenters. The van der Waals surface area contributed by atoms with Gasteiger partial charge in [0.2, 0.25) is 11.8 Å². The minimum Gasteiger partial charge on any atom is -0.424 e.